The van der Waals surface area contributed by atoms with Crippen molar-refractivity contribution in [2.75, 3.05) is 12.8 Å². The van der Waals surface area contributed by atoms with Crippen molar-refractivity contribution in [2.24, 2.45) is 0 Å². The van der Waals surface area contributed by atoms with E-state index >= 15 is 0 Å². The third-order valence-electron chi connectivity index (χ3n) is 5.10. The monoisotopic (exact) mass is 391 g/mol. The number of benzene rings is 3. The Balaban J connectivity index is 2.29. The molecule has 0 heterocycles. The highest BCUT2D eigenvalue weighted by molar-refractivity contribution is 7.96. The molecule has 0 saturated carbocycles. The molecule has 0 aliphatic rings. The zero-order valence-corrected chi connectivity index (χ0v) is 18.0. The van der Waals surface area contributed by atoms with Crippen LogP contribution in [0, 0.1) is 20.8 Å². The third-order valence-corrected chi connectivity index (χ3v) is 9.37. The first kappa shape index (κ1) is 20.3. The molecule has 0 bridgehead atoms. The average Bonchev–Trinajstić information content (AvgIpc) is 2.68. The molecule has 28 heavy (non-hydrogen) atoms. The summed E-state index contributed by atoms with van der Waals surface area (Å²) in [4.78, 5) is 12.8. The van der Waals surface area contributed by atoms with Crippen molar-refractivity contribution in [1.82, 2.24) is 0 Å². The normalized spacial score (nSPS) is 11.3. The lowest BCUT2D eigenvalue weighted by molar-refractivity contribution is -0.139. The smallest absolute Gasteiger partial charge is 0.345 e. The second-order valence-corrected chi connectivity index (χ2v) is 10.8. The predicted octanol–water partition coefficient (Wildman–Crippen LogP) is 4.47. The molecule has 0 unspecified atom stereocenters. The maximum absolute atomic E-state index is 12.8. The van der Waals surface area contributed by atoms with Gasteiger partial charge < -0.3 is 4.74 Å². The predicted molar refractivity (Wildman–Crippen MR) is 121 cm³/mol. The third kappa shape index (κ3) is 4.18. The quantitative estimate of drug-likeness (QED) is 0.458. The zero-order valence-electron chi connectivity index (χ0n) is 17.1. The van der Waals surface area contributed by atoms with Gasteiger partial charge in [-0.15, -0.1) is 0 Å². The van der Waals surface area contributed by atoms with E-state index in [1.54, 1.807) is 0 Å². The highest BCUT2D eigenvalue weighted by Gasteiger charge is 2.47. The Labute approximate surface area is 168 Å². The molecule has 2 nitrogen and oxygen atoms in total. The first-order chi connectivity index (χ1) is 13.5. The molecule has 3 rings (SSSR count). The maximum atomic E-state index is 12.8. The Hall–Kier alpha value is -2.44. The molecular formula is C25H28O2P+. The van der Waals surface area contributed by atoms with Crippen molar-refractivity contribution >= 4 is 29.1 Å². The molecule has 0 amide bonds. The van der Waals surface area contributed by atoms with Crippen molar-refractivity contribution in [1.29, 1.82) is 0 Å². The molecule has 0 aliphatic heterocycles. The Morgan fingerprint density at radius 1 is 0.679 bits per heavy atom. The van der Waals surface area contributed by atoms with Crippen molar-refractivity contribution in [2.45, 2.75) is 27.7 Å². The molecule has 0 saturated heterocycles. The molecule has 0 spiro atoms. The molecular weight excluding hydrogens is 363 g/mol. The molecule has 0 N–H and O–H groups in total. The second-order valence-electron chi connectivity index (χ2n) is 7.28. The minimum atomic E-state index is -2.17. The van der Waals surface area contributed by atoms with Crippen LogP contribution in [0.5, 0.6) is 0 Å². The summed E-state index contributed by atoms with van der Waals surface area (Å²) in [5.74, 6) is -0.141. The van der Waals surface area contributed by atoms with Gasteiger partial charge in [-0.25, -0.2) is 4.79 Å². The fourth-order valence-corrected chi connectivity index (χ4v) is 7.41. The Morgan fingerprint density at radius 3 is 1.29 bits per heavy atom. The molecule has 0 atom stereocenters. The summed E-state index contributed by atoms with van der Waals surface area (Å²) in [5.41, 5.74) is 3.64. The molecule has 0 radical (unpaired) electrons. The summed E-state index contributed by atoms with van der Waals surface area (Å²) in [6.07, 6.45) is 0.371. The van der Waals surface area contributed by atoms with Gasteiger partial charge in [0.25, 0.3) is 0 Å². The topological polar surface area (TPSA) is 26.3 Å². The molecule has 3 aromatic carbocycles. The van der Waals surface area contributed by atoms with Crippen molar-refractivity contribution in [3.05, 3.63) is 89.5 Å². The molecule has 0 fully saturated rings. The highest BCUT2D eigenvalue weighted by atomic mass is 31.2. The number of esters is 1. The van der Waals surface area contributed by atoms with Gasteiger partial charge in [-0.1, -0.05) is 53.1 Å². The molecule has 144 valence electrons. The lowest BCUT2D eigenvalue weighted by Crippen LogP contribution is -2.36. The van der Waals surface area contributed by atoms with E-state index in [1.807, 2.05) is 6.92 Å². The number of carbonyl (C=O) groups is 1. The van der Waals surface area contributed by atoms with Gasteiger partial charge in [0.1, 0.15) is 23.2 Å². The molecule has 3 heteroatoms. The minimum absolute atomic E-state index is 0.141. The van der Waals surface area contributed by atoms with Gasteiger partial charge in [0.15, 0.2) is 6.16 Å². The average molecular weight is 391 g/mol. The van der Waals surface area contributed by atoms with Gasteiger partial charge in [-0.05, 0) is 64.1 Å². The zero-order chi connectivity index (χ0) is 20.1. The largest absolute Gasteiger partial charge is 0.463 e. The molecule has 0 aliphatic carbocycles. The van der Waals surface area contributed by atoms with Crippen LogP contribution in [0.15, 0.2) is 72.8 Å². The fraction of sp³-hybridized carbons (Fsp3) is 0.240. The Kier molecular flexibility index (Phi) is 6.31. The summed E-state index contributed by atoms with van der Waals surface area (Å²) < 4.78 is 5.42. The van der Waals surface area contributed by atoms with Gasteiger partial charge in [0, 0.05) is 0 Å². The van der Waals surface area contributed by atoms with Crippen molar-refractivity contribution in [3.63, 3.8) is 0 Å². The summed E-state index contributed by atoms with van der Waals surface area (Å²) in [6.45, 7) is 8.53. The standard InChI is InChI=1S/C25H28O2P/c1-5-27-25(26)18-28(22-12-6-19(2)7-13-22,23-14-8-20(3)9-15-23)24-16-10-21(4)11-17-24/h6-17H,5,18H2,1-4H3/q+1. The van der Waals surface area contributed by atoms with E-state index in [1.165, 1.54) is 32.6 Å². The number of hydrogen-bond donors (Lipinski definition) is 0. The second kappa shape index (κ2) is 8.71. The Morgan fingerprint density at radius 2 is 1.00 bits per heavy atom. The summed E-state index contributed by atoms with van der Waals surface area (Å²) in [5, 5.41) is 3.62. The lowest BCUT2D eigenvalue weighted by atomic mass is 10.2. The number of rotatable bonds is 6. The van der Waals surface area contributed by atoms with Crippen LogP contribution >= 0.6 is 7.26 Å². The van der Waals surface area contributed by atoms with Crippen LogP contribution in [-0.4, -0.2) is 18.7 Å². The first-order valence-corrected chi connectivity index (χ1v) is 11.7. The van der Waals surface area contributed by atoms with Gasteiger partial charge >= 0.3 is 5.97 Å². The van der Waals surface area contributed by atoms with Gasteiger partial charge in [0.05, 0.1) is 6.61 Å². The SMILES string of the molecule is CCOC(=O)C[P+](c1ccc(C)cc1)(c1ccc(C)cc1)c1ccc(C)cc1. The van der Waals surface area contributed by atoms with E-state index in [2.05, 4.69) is 93.6 Å². The van der Waals surface area contributed by atoms with Gasteiger partial charge in [-0.3, -0.25) is 0 Å². The van der Waals surface area contributed by atoms with Crippen LogP contribution in [0.4, 0.5) is 0 Å². The van der Waals surface area contributed by atoms with E-state index in [0.29, 0.717) is 12.8 Å². The number of ether oxygens (including phenoxy) is 1. The Bertz CT molecular complexity index is 815. The van der Waals surface area contributed by atoms with E-state index in [0.717, 1.165) is 0 Å². The van der Waals surface area contributed by atoms with E-state index in [9.17, 15) is 4.79 Å². The van der Waals surface area contributed by atoms with Crippen LogP contribution in [-0.2, 0) is 9.53 Å². The number of hydrogen-bond acceptors (Lipinski definition) is 2. The van der Waals surface area contributed by atoms with Crippen molar-refractivity contribution < 1.29 is 9.53 Å². The number of carbonyl (C=O) groups excluding carboxylic acids is 1. The lowest BCUT2D eigenvalue weighted by Gasteiger charge is -2.27. The number of aryl methyl sites for hydroxylation is 3. The van der Waals surface area contributed by atoms with E-state index in [4.69, 9.17) is 4.74 Å². The van der Waals surface area contributed by atoms with Crippen LogP contribution in [0.3, 0.4) is 0 Å². The van der Waals surface area contributed by atoms with Crippen LogP contribution < -0.4 is 15.9 Å². The maximum Gasteiger partial charge on any atom is 0.345 e. The first-order valence-electron chi connectivity index (χ1n) is 9.71. The highest BCUT2D eigenvalue weighted by Crippen LogP contribution is 2.55. The summed E-state index contributed by atoms with van der Waals surface area (Å²) in [7, 11) is -2.17. The fourth-order valence-electron chi connectivity index (χ4n) is 3.52. The van der Waals surface area contributed by atoms with Crippen molar-refractivity contribution in [3.8, 4) is 0 Å². The van der Waals surface area contributed by atoms with Crippen LogP contribution in [0.1, 0.15) is 23.6 Å². The van der Waals surface area contributed by atoms with Crippen LogP contribution in [0.2, 0.25) is 0 Å². The summed E-state index contributed by atoms with van der Waals surface area (Å²) >= 11 is 0. The van der Waals surface area contributed by atoms with E-state index < -0.39 is 7.26 Å². The summed E-state index contributed by atoms with van der Waals surface area (Å²) in [6, 6.07) is 25.9. The molecule has 3 aromatic rings. The van der Waals surface area contributed by atoms with Gasteiger partial charge in [-0.2, -0.15) is 0 Å². The minimum Gasteiger partial charge on any atom is -0.463 e. The van der Waals surface area contributed by atoms with Gasteiger partial charge in [0.2, 0.25) is 0 Å². The van der Waals surface area contributed by atoms with Crippen LogP contribution in [0.25, 0.3) is 0 Å². The molecule has 0 aromatic heterocycles. The van der Waals surface area contributed by atoms with E-state index in [-0.39, 0.29) is 5.97 Å².